The molecule has 1 rings (SSSR count). The summed E-state index contributed by atoms with van der Waals surface area (Å²) >= 11 is 3.38. The van der Waals surface area contributed by atoms with Crippen molar-refractivity contribution in [3.63, 3.8) is 0 Å². The van der Waals surface area contributed by atoms with Crippen molar-refractivity contribution in [2.24, 2.45) is 0 Å². The third-order valence-electron chi connectivity index (χ3n) is 1.46. The molecule has 0 aromatic heterocycles. The van der Waals surface area contributed by atoms with Crippen molar-refractivity contribution in [3.8, 4) is 0 Å². The Balaban J connectivity index is 0.000000640. The molecular formula is C6H11BrMgO. The quantitative estimate of drug-likeness (QED) is 0.489. The molecule has 3 heteroatoms. The molecule has 0 N–H and O–H groups in total. The van der Waals surface area contributed by atoms with Crippen LogP contribution in [0.4, 0.5) is 0 Å². The average Bonchev–Trinajstić information content (AvgIpc) is 2.19. The van der Waals surface area contributed by atoms with Gasteiger partial charge in [-0.2, -0.15) is 0 Å². The van der Waals surface area contributed by atoms with Crippen LogP contribution in [0.15, 0.2) is 0 Å². The normalized spacial score (nSPS) is 25.7. The lowest BCUT2D eigenvalue weighted by Crippen LogP contribution is -2.04. The van der Waals surface area contributed by atoms with E-state index in [2.05, 4.69) is 15.9 Å². The SMILES string of the molecule is BrCCC1CCCO1.[Mg]. The first-order chi connectivity index (χ1) is 3.93. The fourth-order valence-electron chi connectivity index (χ4n) is 0.994. The Kier molecular flexibility index (Phi) is 6.75. The number of halogens is 1. The van der Waals surface area contributed by atoms with Crippen LogP contribution in [0.3, 0.4) is 0 Å². The van der Waals surface area contributed by atoms with Gasteiger partial charge in [0, 0.05) is 35.0 Å². The maximum Gasteiger partial charge on any atom is 0.0584 e. The predicted molar refractivity (Wildman–Crippen MR) is 43.1 cm³/mol. The third-order valence-corrected chi connectivity index (χ3v) is 1.91. The maximum absolute atomic E-state index is 5.36. The van der Waals surface area contributed by atoms with Crippen molar-refractivity contribution in [2.45, 2.75) is 25.4 Å². The van der Waals surface area contributed by atoms with Crippen molar-refractivity contribution >= 4 is 39.0 Å². The monoisotopic (exact) mass is 202 g/mol. The Morgan fingerprint density at radius 3 is 2.78 bits per heavy atom. The lowest BCUT2D eigenvalue weighted by molar-refractivity contribution is 0.109. The van der Waals surface area contributed by atoms with Crippen molar-refractivity contribution < 1.29 is 4.74 Å². The van der Waals surface area contributed by atoms with Crippen molar-refractivity contribution in [1.82, 2.24) is 0 Å². The van der Waals surface area contributed by atoms with Crippen LogP contribution in [-0.2, 0) is 4.74 Å². The van der Waals surface area contributed by atoms with Gasteiger partial charge in [-0.05, 0) is 19.3 Å². The Labute approximate surface area is 80.8 Å². The van der Waals surface area contributed by atoms with Crippen LogP contribution in [0.1, 0.15) is 19.3 Å². The second-order valence-electron chi connectivity index (χ2n) is 2.11. The van der Waals surface area contributed by atoms with Gasteiger partial charge in [0.15, 0.2) is 0 Å². The summed E-state index contributed by atoms with van der Waals surface area (Å²) in [6.07, 6.45) is 4.28. The largest absolute Gasteiger partial charge is 0.378 e. The highest BCUT2D eigenvalue weighted by atomic mass is 79.9. The summed E-state index contributed by atoms with van der Waals surface area (Å²) in [5, 5.41) is 1.08. The van der Waals surface area contributed by atoms with E-state index in [9.17, 15) is 0 Å². The lowest BCUT2D eigenvalue weighted by atomic mass is 10.2. The van der Waals surface area contributed by atoms with Crippen molar-refractivity contribution in [2.75, 3.05) is 11.9 Å². The summed E-state index contributed by atoms with van der Waals surface area (Å²) in [6.45, 7) is 0.984. The van der Waals surface area contributed by atoms with E-state index in [0.29, 0.717) is 6.10 Å². The number of hydrogen-bond donors (Lipinski definition) is 0. The van der Waals surface area contributed by atoms with E-state index in [1.165, 1.54) is 19.3 Å². The second kappa shape index (κ2) is 5.95. The Hall–Kier alpha value is 1.21. The minimum atomic E-state index is 0. The predicted octanol–water partition coefficient (Wildman–Crippen LogP) is 1.57. The molecule has 1 fully saturated rings. The Morgan fingerprint density at radius 2 is 2.33 bits per heavy atom. The fourth-order valence-corrected chi connectivity index (χ4v) is 1.50. The lowest BCUT2D eigenvalue weighted by Gasteiger charge is -2.03. The van der Waals surface area contributed by atoms with E-state index in [-0.39, 0.29) is 23.1 Å². The van der Waals surface area contributed by atoms with Crippen LogP contribution in [0.5, 0.6) is 0 Å². The summed E-state index contributed by atoms with van der Waals surface area (Å²) in [6, 6.07) is 0. The highest BCUT2D eigenvalue weighted by molar-refractivity contribution is 9.09. The van der Waals surface area contributed by atoms with Crippen LogP contribution in [0.2, 0.25) is 0 Å². The summed E-state index contributed by atoms with van der Waals surface area (Å²) in [4.78, 5) is 0. The zero-order chi connectivity index (χ0) is 5.82. The molecule has 0 aliphatic carbocycles. The van der Waals surface area contributed by atoms with Crippen LogP contribution < -0.4 is 0 Å². The molecule has 50 valence electrons. The molecule has 0 aromatic rings. The zero-order valence-corrected chi connectivity index (χ0v) is 8.61. The molecule has 0 aromatic carbocycles. The summed E-state index contributed by atoms with van der Waals surface area (Å²) in [5.74, 6) is 0. The van der Waals surface area contributed by atoms with Gasteiger partial charge in [0.2, 0.25) is 0 Å². The van der Waals surface area contributed by atoms with E-state index in [1.54, 1.807) is 0 Å². The minimum Gasteiger partial charge on any atom is -0.378 e. The van der Waals surface area contributed by atoms with Gasteiger partial charge in [0.1, 0.15) is 0 Å². The topological polar surface area (TPSA) is 9.23 Å². The summed E-state index contributed by atoms with van der Waals surface area (Å²) < 4.78 is 5.36. The number of rotatable bonds is 2. The van der Waals surface area contributed by atoms with Gasteiger partial charge in [-0.15, -0.1) is 0 Å². The molecule has 2 radical (unpaired) electrons. The molecule has 1 unspecified atom stereocenters. The van der Waals surface area contributed by atoms with Crippen LogP contribution in [0.25, 0.3) is 0 Å². The first kappa shape index (κ1) is 10.2. The fraction of sp³-hybridized carbons (Fsp3) is 1.00. The summed E-state index contributed by atoms with van der Waals surface area (Å²) in [7, 11) is 0. The zero-order valence-electron chi connectivity index (χ0n) is 5.61. The number of ether oxygens (including phenoxy) is 1. The number of alkyl halides is 1. The van der Waals surface area contributed by atoms with E-state index in [1.807, 2.05) is 0 Å². The molecule has 0 bridgehead atoms. The minimum absolute atomic E-state index is 0. The Bertz CT molecular complexity index is 64.1. The molecule has 1 aliphatic heterocycles. The van der Waals surface area contributed by atoms with Gasteiger partial charge in [-0.3, -0.25) is 0 Å². The molecule has 1 atom stereocenters. The molecule has 1 aliphatic rings. The van der Waals surface area contributed by atoms with Gasteiger partial charge in [-0.25, -0.2) is 0 Å². The third kappa shape index (κ3) is 3.81. The van der Waals surface area contributed by atoms with Crippen molar-refractivity contribution in [1.29, 1.82) is 0 Å². The van der Waals surface area contributed by atoms with E-state index in [0.717, 1.165) is 11.9 Å². The number of hydrogen-bond acceptors (Lipinski definition) is 1. The van der Waals surface area contributed by atoms with Gasteiger partial charge < -0.3 is 4.74 Å². The first-order valence-electron chi connectivity index (χ1n) is 3.11. The van der Waals surface area contributed by atoms with Crippen LogP contribution in [-0.4, -0.2) is 41.1 Å². The van der Waals surface area contributed by atoms with Gasteiger partial charge in [0.25, 0.3) is 0 Å². The van der Waals surface area contributed by atoms with Crippen molar-refractivity contribution in [3.05, 3.63) is 0 Å². The smallest absolute Gasteiger partial charge is 0.0584 e. The van der Waals surface area contributed by atoms with Crippen LogP contribution >= 0.6 is 15.9 Å². The molecule has 0 amide bonds. The van der Waals surface area contributed by atoms with Gasteiger partial charge >= 0.3 is 0 Å². The highest BCUT2D eigenvalue weighted by Gasteiger charge is 2.13. The second-order valence-corrected chi connectivity index (χ2v) is 2.91. The van der Waals surface area contributed by atoms with E-state index < -0.39 is 0 Å². The van der Waals surface area contributed by atoms with Gasteiger partial charge in [0.05, 0.1) is 6.10 Å². The molecule has 0 saturated carbocycles. The van der Waals surface area contributed by atoms with E-state index in [4.69, 9.17) is 4.74 Å². The maximum atomic E-state index is 5.36. The molecule has 0 spiro atoms. The van der Waals surface area contributed by atoms with E-state index >= 15 is 0 Å². The average molecular weight is 203 g/mol. The van der Waals surface area contributed by atoms with Gasteiger partial charge in [-0.1, -0.05) is 15.9 Å². The molecule has 9 heavy (non-hydrogen) atoms. The molecule has 1 heterocycles. The molecule has 1 saturated heterocycles. The Morgan fingerprint density at radius 1 is 1.56 bits per heavy atom. The standard InChI is InChI=1S/C6H11BrO.Mg/c7-4-3-6-2-1-5-8-6;/h6H,1-5H2;. The first-order valence-corrected chi connectivity index (χ1v) is 4.23. The summed E-state index contributed by atoms with van der Waals surface area (Å²) in [5.41, 5.74) is 0. The van der Waals surface area contributed by atoms with Crippen LogP contribution in [0, 0.1) is 0 Å². The molecule has 1 nitrogen and oxygen atoms in total. The molecular weight excluding hydrogens is 192 g/mol. The highest BCUT2D eigenvalue weighted by Crippen LogP contribution is 2.15.